The third-order valence-electron chi connectivity index (χ3n) is 3.24. The van der Waals surface area contributed by atoms with Crippen molar-refractivity contribution in [2.75, 3.05) is 6.61 Å². The van der Waals surface area contributed by atoms with Gasteiger partial charge in [-0.3, -0.25) is 4.79 Å². The average Bonchev–Trinajstić information content (AvgIpc) is 2.38. The Bertz CT molecular complexity index is 351. The van der Waals surface area contributed by atoms with Gasteiger partial charge in [-0.05, 0) is 31.2 Å². The Morgan fingerprint density at radius 1 is 1.28 bits per heavy atom. The maximum absolute atomic E-state index is 11.7. The summed E-state index contributed by atoms with van der Waals surface area (Å²) in [4.78, 5) is 11.7. The first-order valence-corrected chi connectivity index (χ1v) is 6.57. The Morgan fingerprint density at radius 3 is 2.56 bits per heavy atom. The highest BCUT2D eigenvalue weighted by Gasteiger charge is 2.13. The van der Waals surface area contributed by atoms with E-state index in [2.05, 4.69) is 17.4 Å². The molecule has 0 heterocycles. The van der Waals surface area contributed by atoms with E-state index in [0.29, 0.717) is 6.42 Å². The molecule has 0 saturated carbocycles. The van der Waals surface area contributed by atoms with Crippen molar-refractivity contribution in [1.82, 2.24) is 5.32 Å². The summed E-state index contributed by atoms with van der Waals surface area (Å²) in [5, 5.41) is 11.9. The number of aliphatic hydroxyl groups excluding tert-OH is 1. The van der Waals surface area contributed by atoms with E-state index in [-0.39, 0.29) is 24.5 Å². The summed E-state index contributed by atoms with van der Waals surface area (Å²) in [7, 11) is 0. The molecule has 0 spiro atoms. The van der Waals surface area contributed by atoms with E-state index in [0.717, 1.165) is 12.8 Å². The predicted molar refractivity (Wildman–Crippen MR) is 73.2 cm³/mol. The van der Waals surface area contributed by atoms with Crippen molar-refractivity contribution < 1.29 is 9.90 Å². The molecule has 0 radical (unpaired) electrons. The first kappa shape index (κ1) is 14.7. The molecule has 1 aromatic rings. The maximum Gasteiger partial charge on any atom is 0.220 e. The summed E-state index contributed by atoms with van der Waals surface area (Å²) in [6, 6.07) is 10.2. The summed E-state index contributed by atoms with van der Waals surface area (Å²) in [5.41, 5.74) is 1.27. The molecule has 0 bridgehead atoms. The lowest BCUT2D eigenvalue weighted by Gasteiger charge is -2.19. The molecule has 100 valence electrons. The molecule has 0 saturated heterocycles. The van der Waals surface area contributed by atoms with E-state index < -0.39 is 0 Å². The van der Waals surface area contributed by atoms with Crippen molar-refractivity contribution in [3.05, 3.63) is 35.9 Å². The molecule has 2 N–H and O–H groups in total. The number of carbonyl (C=O) groups is 1. The van der Waals surface area contributed by atoms with Crippen LogP contribution < -0.4 is 5.32 Å². The zero-order chi connectivity index (χ0) is 13.4. The van der Waals surface area contributed by atoms with E-state index >= 15 is 0 Å². The lowest BCUT2D eigenvalue weighted by molar-refractivity contribution is -0.122. The van der Waals surface area contributed by atoms with Gasteiger partial charge in [0.25, 0.3) is 0 Å². The number of aliphatic hydroxyl groups is 1. The summed E-state index contributed by atoms with van der Waals surface area (Å²) in [5.74, 6) is 0.168. The molecule has 0 fully saturated rings. The molecule has 3 nitrogen and oxygen atoms in total. The van der Waals surface area contributed by atoms with Crippen LogP contribution in [0, 0.1) is 5.92 Å². The Hall–Kier alpha value is -1.35. The lowest BCUT2D eigenvalue weighted by atomic mass is 10.0. The Kier molecular flexibility index (Phi) is 6.44. The normalized spacial score (nSPS) is 13.9. The zero-order valence-electron chi connectivity index (χ0n) is 11.2. The summed E-state index contributed by atoms with van der Waals surface area (Å²) in [6.45, 7) is 3.95. The number of amides is 1. The molecule has 1 rings (SSSR count). The van der Waals surface area contributed by atoms with Crippen molar-refractivity contribution in [2.24, 2.45) is 5.92 Å². The van der Waals surface area contributed by atoms with E-state index in [9.17, 15) is 4.79 Å². The van der Waals surface area contributed by atoms with Crippen LogP contribution in [0.1, 0.15) is 32.3 Å². The van der Waals surface area contributed by atoms with Gasteiger partial charge in [-0.2, -0.15) is 0 Å². The number of nitrogens with one attached hydrogen (secondary N) is 1. The van der Waals surface area contributed by atoms with Crippen molar-refractivity contribution in [3.8, 4) is 0 Å². The second-order valence-electron chi connectivity index (χ2n) is 4.86. The number of hydrogen-bond acceptors (Lipinski definition) is 2. The number of carbonyl (C=O) groups excluding carboxylic acids is 1. The van der Waals surface area contributed by atoms with Crippen LogP contribution in [0.3, 0.4) is 0 Å². The van der Waals surface area contributed by atoms with Gasteiger partial charge >= 0.3 is 0 Å². The molecule has 0 aliphatic heterocycles. The number of rotatable bonds is 7. The minimum Gasteiger partial charge on any atom is -0.396 e. The van der Waals surface area contributed by atoms with Gasteiger partial charge in [0.15, 0.2) is 0 Å². The van der Waals surface area contributed by atoms with E-state index in [1.54, 1.807) is 0 Å². The summed E-state index contributed by atoms with van der Waals surface area (Å²) in [6.07, 6.45) is 2.33. The van der Waals surface area contributed by atoms with Gasteiger partial charge in [0.2, 0.25) is 5.91 Å². The van der Waals surface area contributed by atoms with E-state index in [4.69, 9.17) is 5.11 Å². The monoisotopic (exact) mass is 249 g/mol. The second-order valence-corrected chi connectivity index (χ2v) is 4.86. The first-order chi connectivity index (χ1) is 8.63. The molecular formula is C15H23NO2. The Balaban J connectivity index is 2.21. The van der Waals surface area contributed by atoms with Gasteiger partial charge in [-0.1, -0.05) is 37.3 Å². The minimum absolute atomic E-state index is 0.0271. The Labute approximate surface area is 109 Å². The maximum atomic E-state index is 11.7. The van der Waals surface area contributed by atoms with Crippen LogP contribution in [-0.4, -0.2) is 23.7 Å². The molecule has 1 amide bonds. The highest BCUT2D eigenvalue weighted by Crippen LogP contribution is 2.05. The first-order valence-electron chi connectivity index (χ1n) is 6.57. The molecule has 18 heavy (non-hydrogen) atoms. The van der Waals surface area contributed by atoms with E-state index in [1.807, 2.05) is 32.0 Å². The second kappa shape index (κ2) is 7.88. The van der Waals surface area contributed by atoms with Crippen LogP contribution in [0.2, 0.25) is 0 Å². The van der Waals surface area contributed by atoms with Crippen molar-refractivity contribution in [2.45, 2.75) is 39.2 Å². The fourth-order valence-electron chi connectivity index (χ4n) is 1.72. The standard InChI is InChI=1S/C15H23NO2/c1-12(11-17)13(2)16-15(18)10-6-9-14-7-4-3-5-8-14/h3-5,7-8,12-13,17H,6,9-11H2,1-2H3,(H,16,18). The van der Waals surface area contributed by atoms with Crippen molar-refractivity contribution in [1.29, 1.82) is 0 Å². The molecule has 2 atom stereocenters. The highest BCUT2D eigenvalue weighted by atomic mass is 16.3. The van der Waals surface area contributed by atoms with Crippen molar-refractivity contribution in [3.63, 3.8) is 0 Å². The van der Waals surface area contributed by atoms with Gasteiger partial charge in [-0.15, -0.1) is 0 Å². The molecule has 1 aromatic carbocycles. The third kappa shape index (κ3) is 5.32. The molecule has 3 heteroatoms. The van der Waals surface area contributed by atoms with Crippen LogP contribution in [0.4, 0.5) is 0 Å². The lowest BCUT2D eigenvalue weighted by Crippen LogP contribution is -2.38. The quantitative estimate of drug-likeness (QED) is 0.778. The summed E-state index contributed by atoms with van der Waals surface area (Å²) < 4.78 is 0. The van der Waals surface area contributed by atoms with Gasteiger partial charge in [0.05, 0.1) is 0 Å². The minimum atomic E-state index is 0.0271. The molecule has 2 unspecified atom stereocenters. The number of aryl methyl sites for hydroxylation is 1. The number of hydrogen-bond donors (Lipinski definition) is 2. The fourth-order valence-corrected chi connectivity index (χ4v) is 1.72. The van der Waals surface area contributed by atoms with Gasteiger partial charge in [-0.25, -0.2) is 0 Å². The van der Waals surface area contributed by atoms with Gasteiger partial charge in [0.1, 0.15) is 0 Å². The largest absolute Gasteiger partial charge is 0.396 e. The number of benzene rings is 1. The zero-order valence-corrected chi connectivity index (χ0v) is 11.2. The highest BCUT2D eigenvalue weighted by molar-refractivity contribution is 5.76. The van der Waals surface area contributed by atoms with Crippen LogP contribution in [0.5, 0.6) is 0 Å². The van der Waals surface area contributed by atoms with Crippen LogP contribution >= 0.6 is 0 Å². The summed E-state index contributed by atoms with van der Waals surface area (Å²) >= 11 is 0. The molecule has 0 aliphatic carbocycles. The fraction of sp³-hybridized carbons (Fsp3) is 0.533. The third-order valence-corrected chi connectivity index (χ3v) is 3.24. The van der Waals surface area contributed by atoms with E-state index in [1.165, 1.54) is 5.56 Å². The average molecular weight is 249 g/mol. The van der Waals surface area contributed by atoms with Crippen LogP contribution in [0.25, 0.3) is 0 Å². The van der Waals surface area contributed by atoms with Crippen molar-refractivity contribution >= 4 is 5.91 Å². The molecule has 0 aromatic heterocycles. The van der Waals surface area contributed by atoms with Gasteiger partial charge in [0, 0.05) is 19.1 Å². The molecular weight excluding hydrogens is 226 g/mol. The smallest absolute Gasteiger partial charge is 0.220 e. The molecule has 0 aliphatic rings. The SMILES string of the molecule is CC(CO)C(C)NC(=O)CCCc1ccccc1. The van der Waals surface area contributed by atoms with Crippen LogP contribution in [-0.2, 0) is 11.2 Å². The Morgan fingerprint density at radius 2 is 1.94 bits per heavy atom. The predicted octanol–water partition coefficient (Wildman–Crippen LogP) is 2.14. The topological polar surface area (TPSA) is 49.3 Å². The van der Waals surface area contributed by atoms with Gasteiger partial charge < -0.3 is 10.4 Å². The van der Waals surface area contributed by atoms with Crippen LogP contribution in [0.15, 0.2) is 30.3 Å².